The van der Waals surface area contributed by atoms with Gasteiger partial charge in [-0.25, -0.2) is 8.42 Å². The first-order valence-electron chi connectivity index (χ1n) is 5.59. The Hall–Kier alpha value is -0.960. The average molecular weight is 289 g/mol. The molecule has 0 unspecified atom stereocenters. The van der Waals surface area contributed by atoms with E-state index in [1.54, 1.807) is 12.1 Å². The highest BCUT2D eigenvalue weighted by atomic mass is 32.2. The van der Waals surface area contributed by atoms with Gasteiger partial charge in [-0.05, 0) is 12.1 Å². The maximum absolute atomic E-state index is 12.3. The van der Waals surface area contributed by atoms with E-state index in [4.69, 9.17) is 5.73 Å². The number of carbonyl (C=O) groups excluding carboxylic acids is 1. The van der Waals surface area contributed by atoms with Crippen LogP contribution in [0.1, 0.15) is 11.3 Å². The molecular formula is C10H15N3O3S2. The standard InChI is InChI=1S/C10H15N3O3S2/c11-7-8-1-2-10(17-8)18(15,16)13-5-3-9(14)12-4-6-13/h1-2H,3-7,11H2,(H,12,14). The van der Waals surface area contributed by atoms with Crippen molar-refractivity contribution >= 4 is 27.3 Å². The van der Waals surface area contributed by atoms with Crippen molar-refractivity contribution in [1.82, 2.24) is 9.62 Å². The van der Waals surface area contributed by atoms with Crippen LogP contribution in [0.4, 0.5) is 0 Å². The fourth-order valence-electron chi connectivity index (χ4n) is 1.72. The molecule has 1 amide bonds. The van der Waals surface area contributed by atoms with Crippen molar-refractivity contribution in [3.8, 4) is 0 Å². The van der Waals surface area contributed by atoms with E-state index in [0.29, 0.717) is 19.6 Å². The molecule has 0 radical (unpaired) electrons. The van der Waals surface area contributed by atoms with Crippen molar-refractivity contribution in [3.05, 3.63) is 17.0 Å². The molecule has 100 valence electrons. The highest BCUT2D eigenvalue weighted by molar-refractivity contribution is 7.91. The second kappa shape index (κ2) is 5.35. The number of nitrogens with zero attached hydrogens (tertiary/aromatic N) is 1. The third kappa shape index (κ3) is 2.72. The molecule has 18 heavy (non-hydrogen) atoms. The number of amides is 1. The van der Waals surface area contributed by atoms with Crippen LogP contribution in [0.3, 0.4) is 0 Å². The predicted octanol–water partition coefficient (Wildman–Crippen LogP) is -0.283. The van der Waals surface area contributed by atoms with Crippen LogP contribution in [0, 0.1) is 0 Å². The summed E-state index contributed by atoms with van der Waals surface area (Å²) < 4.78 is 26.3. The number of hydrogen-bond donors (Lipinski definition) is 2. The zero-order chi connectivity index (χ0) is 13.2. The van der Waals surface area contributed by atoms with Gasteiger partial charge in [0.25, 0.3) is 10.0 Å². The number of carbonyl (C=O) groups is 1. The first-order valence-corrected chi connectivity index (χ1v) is 7.85. The minimum atomic E-state index is -3.49. The molecule has 0 atom stereocenters. The number of sulfonamides is 1. The largest absolute Gasteiger partial charge is 0.355 e. The summed E-state index contributed by atoms with van der Waals surface area (Å²) in [5.41, 5.74) is 5.48. The molecule has 3 N–H and O–H groups in total. The maximum atomic E-state index is 12.3. The van der Waals surface area contributed by atoms with E-state index in [-0.39, 0.29) is 23.1 Å². The smallest absolute Gasteiger partial charge is 0.252 e. The minimum Gasteiger partial charge on any atom is -0.355 e. The molecule has 2 heterocycles. The molecule has 0 saturated carbocycles. The SMILES string of the molecule is NCc1ccc(S(=O)(=O)N2CCNC(=O)CC2)s1. The van der Waals surface area contributed by atoms with Gasteiger partial charge in [0.15, 0.2) is 0 Å². The topological polar surface area (TPSA) is 92.5 Å². The molecule has 0 aliphatic carbocycles. The summed E-state index contributed by atoms with van der Waals surface area (Å²) in [5.74, 6) is -0.110. The monoisotopic (exact) mass is 289 g/mol. The summed E-state index contributed by atoms with van der Waals surface area (Å²) in [4.78, 5) is 12.0. The summed E-state index contributed by atoms with van der Waals surface area (Å²) in [5, 5.41) is 2.65. The van der Waals surface area contributed by atoms with E-state index in [0.717, 1.165) is 4.88 Å². The summed E-state index contributed by atoms with van der Waals surface area (Å²) >= 11 is 1.18. The maximum Gasteiger partial charge on any atom is 0.252 e. The highest BCUT2D eigenvalue weighted by Crippen LogP contribution is 2.25. The molecule has 0 aromatic carbocycles. The first kappa shape index (κ1) is 13.5. The Balaban J connectivity index is 2.22. The normalized spacial score (nSPS) is 18.4. The van der Waals surface area contributed by atoms with Gasteiger partial charge < -0.3 is 11.1 Å². The van der Waals surface area contributed by atoms with Gasteiger partial charge in [-0.2, -0.15) is 4.31 Å². The Kier molecular flexibility index (Phi) is 4.00. The van der Waals surface area contributed by atoms with E-state index in [9.17, 15) is 13.2 Å². The van der Waals surface area contributed by atoms with E-state index >= 15 is 0 Å². The zero-order valence-electron chi connectivity index (χ0n) is 9.76. The van der Waals surface area contributed by atoms with Gasteiger partial charge in [-0.1, -0.05) is 0 Å². The fraction of sp³-hybridized carbons (Fsp3) is 0.500. The van der Waals surface area contributed by atoms with Crippen LogP contribution in [0.5, 0.6) is 0 Å². The second-order valence-corrected chi connectivity index (χ2v) is 7.26. The van der Waals surface area contributed by atoms with Crippen LogP contribution in [0.2, 0.25) is 0 Å². The summed E-state index contributed by atoms with van der Waals surface area (Å²) in [6, 6.07) is 3.29. The number of hydrogen-bond acceptors (Lipinski definition) is 5. The lowest BCUT2D eigenvalue weighted by molar-refractivity contribution is -0.120. The number of thiophene rings is 1. The van der Waals surface area contributed by atoms with Gasteiger partial charge in [0, 0.05) is 37.5 Å². The Morgan fingerprint density at radius 3 is 2.83 bits per heavy atom. The number of rotatable bonds is 3. The van der Waals surface area contributed by atoms with Gasteiger partial charge >= 0.3 is 0 Å². The molecule has 6 nitrogen and oxygen atoms in total. The third-order valence-corrected chi connectivity index (χ3v) is 6.18. The second-order valence-electron chi connectivity index (χ2n) is 3.93. The van der Waals surface area contributed by atoms with E-state index in [1.807, 2.05) is 0 Å². The number of nitrogens with two attached hydrogens (primary N) is 1. The molecule has 1 fully saturated rings. The predicted molar refractivity (Wildman–Crippen MR) is 68.6 cm³/mol. The summed E-state index contributed by atoms with van der Waals surface area (Å²) in [6.45, 7) is 1.22. The molecule has 0 bridgehead atoms. The van der Waals surface area contributed by atoms with Gasteiger partial charge in [0.2, 0.25) is 5.91 Å². The molecule has 1 saturated heterocycles. The van der Waals surface area contributed by atoms with E-state index < -0.39 is 10.0 Å². The Bertz CT molecular complexity index is 538. The lowest BCUT2D eigenvalue weighted by Gasteiger charge is -2.17. The molecular weight excluding hydrogens is 274 g/mol. The van der Waals surface area contributed by atoms with Crippen LogP contribution in [0.15, 0.2) is 16.3 Å². The molecule has 1 aromatic heterocycles. The average Bonchev–Trinajstić information content (AvgIpc) is 2.72. The fourth-order valence-corrected chi connectivity index (χ4v) is 4.55. The molecule has 0 spiro atoms. The van der Waals surface area contributed by atoms with Crippen LogP contribution < -0.4 is 11.1 Å². The van der Waals surface area contributed by atoms with Crippen LogP contribution in [0.25, 0.3) is 0 Å². The lowest BCUT2D eigenvalue weighted by Crippen LogP contribution is -2.33. The van der Waals surface area contributed by atoms with Crippen molar-refractivity contribution in [2.45, 2.75) is 17.2 Å². The van der Waals surface area contributed by atoms with Crippen molar-refractivity contribution in [2.75, 3.05) is 19.6 Å². The summed E-state index contributed by atoms with van der Waals surface area (Å²) in [6.07, 6.45) is 0.203. The molecule has 1 aliphatic heterocycles. The lowest BCUT2D eigenvalue weighted by atomic mass is 10.4. The van der Waals surface area contributed by atoms with E-state index in [1.165, 1.54) is 15.6 Å². The van der Waals surface area contributed by atoms with Crippen LogP contribution >= 0.6 is 11.3 Å². The van der Waals surface area contributed by atoms with Crippen molar-refractivity contribution in [1.29, 1.82) is 0 Å². The van der Waals surface area contributed by atoms with Gasteiger partial charge in [0.05, 0.1) is 0 Å². The van der Waals surface area contributed by atoms with Crippen molar-refractivity contribution in [2.24, 2.45) is 5.73 Å². The van der Waals surface area contributed by atoms with Gasteiger partial charge in [0.1, 0.15) is 4.21 Å². The Labute approximate surface area is 110 Å². The first-order chi connectivity index (χ1) is 8.54. The van der Waals surface area contributed by atoms with Crippen LogP contribution in [-0.4, -0.2) is 38.3 Å². The van der Waals surface area contributed by atoms with Crippen molar-refractivity contribution < 1.29 is 13.2 Å². The Morgan fingerprint density at radius 1 is 1.39 bits per heavy atom. The number of nitrogens with one attached hydrogen (secondary N) is 1. The molecule has 1 aliphatic rings. The van der Waals surface area contributed by atoms with Crippen molar-refractivity contribution in [3.63, 3.8) is 0 Å². The minimum absolute atomic E-state index is 0.110. The molecule has 8 heteroatoms. The zero-order valence-corrected chi connectivity index (χ0v) is 11.4. The van der Waals surface area contributed by atoms with Gasteiger partial charge in [-0.15, -0.1) is 11.3 Å². The third-order valence-electron chi connectivity index (χ3n) is 2.70. The Morgan fingerprint density at radius 2 is 2.17 bits per heavy atom. The highest BCUT2D eigenvalue weighted by Gasteiger charge is 2.27. The summed E-state index contributed by atoms with van der Waals surface area (Å²) in [7, 11) is -3.49. The molecule has 1 aromatic rings. The quantitative estimate of drug-likeness (QED) is 0.800. The van der Waals surface area contributed by atoms with E-state index in [2.05, 4.69) is 5.32 Å². The van der Waals surface area contributed by atoms with Crippen LogP contribution in [-0.2, 0) is 21.4 Å². The molecule has 2 rings (SSSR count). The van der Waals surface area contributed by atoms with Gasteiger partial charge in [-0.3, -0.25) is 4.79 Å².